The summed E-state index contributed by atoms with van der Waals surface area (Å²) in [6.45, 7) is 0. The third-order valence-corrected chi connectivity index (χ3v) is 2.83. The van der Waals surface area contributed by atoms with Crippen LogP contribution in [0.3, 0.4) is 0 Å². The predicted molar refractivity (Wildman–Crippen MR) is 62.2 cm³/mol. The van der Waals surface area contributed by atoms with Crippen LogP contribution >= 0.6 is 27.5 Å². The van der Waals surface area contributed by atoms with Crippen molar-refractivity contribution in [1.82, 2.24) is 0 Å². The van der Waals surface area contributed by atoms with Gasteiger partial charge in [0.1, 0.15) is 5.76 Å². The van der Waals surface area contributed by atoms with Crippen molar-refractivity contribution in [2.24, 2.45) is 0 Å². The third kappa shape index (κ3) is 2.13. The molecule has 0 aliphatic carbocycles. The van der Waals surface area contributed by atoms with Crippen LogP contribution in [0.4, 0.5) is 0 Å². The first-order valence-electron chi connectivity index (χ1n) is 4.21. The molecule has 76 valence electrons. The Morgan fingerprint density at radius 1 is 1.27 bits per heavy atom. The van der Waals surface area contributed by atoms with Gasteiger partial charge in [-0.1, -0.05) is 11.6 Å². The zero-order valence-corrected chi connectivity index (χ0v) is 9.88. The fourth-order valence-corrected chi connectivity index (χ4v) is 2.13. The van der Waals surface area contributed by atoms with Gasteiger partial charge >= 0.3 is 0 Å². The quantitative estimate of drug-likeness (QED) is 0.775. The highest BCUT2D eigenvalue weighted by atomic mass is 79.9. The SMILES string of the molecule is O=Cc1ccc(-c2ccc(Cl)cc2Br)o1. The topological polar surface area (TPSA) is 30.2 Å². The highest BCUT2D eigenvalue weighted by molar-refractivity contribution is 9.10. The molecule has 2 aromatic rings. The van der Waals surface area contributed by atoms with E-state index >= 15 is 0 Å². The van der Waals surface area contributed by atoms with Gasteiger partial charge in [-0.15, -0.1) is 0 Å². The Labute approximate surface area is 100.0 Å². The fourth-order valence-electron chi connectivity index (χ4n) is 1.25. The van der Waals surface area contributed by atoms with Crippen LogP contribution < -0.4 is 0 Å². The molecule has 0 N–H and O–H groups in total. The molecule has 0 aliphatic heterocycles. The first-order chi connectivity index (χ1) is 7.20. The Hall–Kier alpha value is -1.06. The van der Waals surface area contributed by atoms with Gasteiger partial charge in [-0.2, -0.15) is 0 Å². The molecule has 1 aromatic carbocycles. The molecule has 0 bridgehead atoms. The first-order valence-corrected chi connectivity index (χ1v) is 5.38. The molecular weight excluding hydrogens is 279 g/mol. The number of aldehydes is 1. The maximum Gasteiger partial charge on any atom is 0.185 e. The summed E-state index contributed by atoms with van der Waals surface area (Å²) in [6, 6.07) is 8.76. The number of benzene rings is 1. The summed E-state index contributed by atoms with van der Waals surface area (Å²) in [7, 11) is 0. The average Bonchev–Trinajstić information content (AvgIpc) is 2.66. The van der Waals surface area contributed by atoms with Gasteiger partial charge in [0.25, 0.3) is 0 Å². The van der Waals surface area contributed by atoms with Gasteiger partial charge in [-0.05, 0) is 46.3 Å². The van der Waals surface area contributed by atoms with Crippen LogP contribution in [0.15, 0.2) is 39.2 Å². The number of carbonyl (C=O) groups is 1. The van der Waals surface area contributed by atoms with Crippen molar-refractivity contribution in [2.45, 2.75) is 0 Å². The Morgan fingerprint density at radius 3 is 2.67 bits per heavy atom. The molecule has 0 unspecified atom stereocenters. The number of furan rings is 1. The summed E-state index contributed by atoms with van der Waals surface area (Å²) in [6.07, 6.45) is 0.674. The van der Waals surface area contributed by atoms with Crippen molar-refractivity contribution in [3.63, 3.8) is 0 Å². The summed E-state index contributed by atoms with van der Waals surface area (Å²) >= 11 is 9.20. The lowest BCUT2D eigenvalue weighted by atomic mass is 10.2. The van der Waals surface area contributed by atoms with Crippen LogP contribution in [0, 0.1) is 0 Å². The number of hydrogen-bond donors (Lipinski definition) is 0. The highest BCUT2D eigenvalue weighted by Crippen LogP contribution is 2.31. The first kappa shape index (κ1) is 10.5. The molecule has 0 atom stereocenters. The lowest BCUT2D eigenvalue weighted by Gasteiger charge is -2.00. The van der Waals surface area contributed by atoms with E-state index in [0.717, 1.165) is 10.0 Å². The second kappa shape index (κ2) is 4.21. The minimum absolute atomic E-state index is 0.312. The smallest absolute Gasteiger partial charge is 0.185 e. The molecule has 15 heavy (non-hydrogen) atoms. The van der Waals surface area contributed by atoms with Crippen molar-refractivity contribution < 1.29 is 9.21 Å². The summed E-state index contributed by atoms with van der Waals surface area (Å²) in [4.78, 5) is 10.5. The zero-order valence-electron chi connectivity index (χ0n) is 7.54. The monoisotopic (exact) mass is 284 g/mol. The third-order valence-electron chi connectivity index (χ3n) is 1.94. The summed E-state index contributed by atoms with van der Waals surface area (Å²) < 4.78 is 6.13. The van der Waals surface area contributed by atoms with Crippen LogP contribution in [0.1, 0.15) is 10.6 Å². The maximum absolute atomic E-state index is 10.5. The van der Waals surface area contributed by atoms with E-state index in [1.807, 2.05) is 6.07 Å². The molecule has 1 aromatic heterocycles. The van der Waals surface area contributed by atoms with Gasteiger partial charge in [0, 0.05) is 15.1 Å². The van der Waals surface area contributed by atoms with Gasteiger partial charge in [-0.25, -0.2) is 0 Å². The molecule has 2 rings (SSSR count). The second-order valence-electron chi connectivity index (χ2n) is 2.94. The Kier molecular flexibility index (Phi) is 2.93. The Bertz CT molecular complexity index is 505. The molecular formula is C11H6BrClO2. The van der Waals surface area contributed by atoms with E-state index in [2.05, 4.69) is 15.9 Å². The number of hydrogen-bond acceptors (Lipinski definition) is 2. The summed E-state index contributed by atoms with van der Waals surface area (Å²) in [5.74, 6) is 0.951. The van der Waals surface area contributed by atoms with Gasteiger partial charge in [0.15, 0.2) is 12.0 Å². The van der Waals surface area contributed by atoms with Crippen molar-refractivity contribution >= 4 is 33.8 Å². The van der Waals surface area contributed by atoms with Crippen molar-refractivity contribution in [1.29, 1.82) is 0 Å². The molecule has 0 saturated heterocycles. The molecule has 0 amide bonds. The Morgan fingerprint density at radius 2 is 2.07 bits per heavy atom. The molecule has 2 nitrogen and oxygen atoms in total. The van der Waals surface area contributed by atoms with Crippen molar-refractivity contribution in [2.75, 3.05) is 0 Å². The molecule has 0 fully saturated rings. The number of rotatable bonds is 2. The van der Waals surface area contributed by atoms with E-state index < -0.39 is 0 Å². The summed E-state index contributed by atoms with van der Waals surface area (Å²) in [5.41, 5.74) is 0.868. The van der Waals surface area contributed by atoms with E-state index in [9.17, 15) is 4.79 Å². The summed E-state index contributed by atoms with van der Waals surface area (Å²) in [5, 5.41) is 0.646. The molecule has 0 aliphatic rings. The fraction of sp³-hybridized carbons (Fsp3) is 0. The van der Waals surface area contributed by atoms with E-state index in [4.69, 9.17) is 16.0 Å². The largest absolute Gasteiger partial charge is 0.453 e. The molecule has 4 heteroatoms. The van der Waals surface area contributed by atoms with E-state index in [0.29, 0.717) is 22.8 Å². The minimum atomic E-state index is 0.312. The standard InChI is InChI=1S/C11H6BrClO2/c12-10-5-7(13)1-3-9(10)11-4-2-8(6-14)15-11/h1-6H. The Balaban J connectivity index is 2.49. The van der Waals surface area contributed by atoms with Crippen molar-refractivity contribution in [3.8, 4) is 11.3 Å². The minimum Gasteiger partial charge on any atom is -0.453 e. The molecule has 0 radical (unpaired) electrons. The van der Waals surface area contributed by atoms with Gasteiger partial charge in [0.2, 0.25) is 0 Å². The van der Waals surface area contributed by atoms with Gasteiger partial charge < -0.3 is 4.42 Å². The van der Waals surface area contributed by atoms with E-state index in [1.54, 1.807) is 24.3 Å². The van der Waals surface area contributed by atoms with Crippen LogP contribution in [-0.2, 0) is 0 Å². The zero-order chi connectivity index (χ0) is 10.8. The normalized spacial score (nSPS) is 10.3. The van der Waals surface area contributed by atoms with Crippen LogP contribution in [0.2, 0.25) is 5.02 Å². The average molecular weight is 286 g/mol. The number of carbonyl (C=O) groups excluding carboxylic acids is 1. The maximum atomic E-state index is 10.5. The molecule has 0 saturated carbocycles. The predicted octanol–water partition coefficient (Wildman–Crippen LogP) is 4.18. The van der Waals surface area contributed by atoms with Crippen LogP contribution in [-0.4, -0.2) is 6.29 Å². The molecule has 0 spiro atoms. The van der Waals surface area contributed by atoms with Crippen LogP contribution in [0.25, 0.3) is 11.3 Å². The highest BCUT2D eigenvalue weighted by Gasteiger charge is 2.08. The second-order valence-corrected chi connectivity index (χ2v) is 4.23. The van der Waals surface area contributed by atoms with Crippen LogP contribution in [0.5, 0.6) is 0 Å². The molecule has 1 heterocycles. The van der Waals surface area contributed by atoms with Crippen molar-refractivity contribution in [3.05, 3.63) is 45.6 Å². The van der Waals surface area contributed by atoms with Gasteiger partial charge in [-0.3, -0.25) is 4.79 Å². The lowest BCUT2D eigenvalue weighted by molar-refractivity contribution is 0.110. The van der Waals surface area contributed by atoms with E-state index in [1.165, 1.54) is 0 Å². The van der Waals surface area contributed by atoms with E-state index in [-0.39, 0.29) is 0 Å². The lowest BCUT2D eigenvalue weighted by Crippen LogP contribution is -1.76. The van der Waals surface area contributed by atoms with Gasteiger partial charge in [0.05, 0.1) is 0 Å². The number of halogens is 2.